The van der Waals surface area contributed by atoms with Crippen molar-refractivity contribution in [1.82, 2.24) is 0 Å². The Hall–Kier alpha value is -2.16. The lowest BCUT2D eigenvalue weighted by Gasteiger charge is -2.13. The van der Waals surface area contributed by atoms with Crippen LogP contribution < -0.4 is 0 Å². The molecule has 0 aromatic heterocycles. The van der Waals surface area contributed by atoms with Crippen molar-refractivity contribution in [3.63, 3.8) is 0 Å². The first kappa shape index (κ1) is 12.3. The van der Waals surface area contributed by atoms with Gasteiger partial charge >= 0.3 is 5.97 Å². The van der Waals surface area contributed by atoms with Gasteiger partial charge in [-0.25, -0.2) is 9.18 Å². The highest BCUT2D eigenvalue weighted by atomic mass is 19.1. The van der Waals surface area contributed by atoms with Crippen LogP contribution in [0.3, 0.4) is 0 Å². The molecule has 0 heterocycles. The van der Waals surface area contributed by atoms with Crippen LogP contribution in [0.5, 0.6) is 0 Å². The molecule has 0 saturated heterocycles. The Morgan fingerprint density at radius 3 is 2.33 bits per heavy atom. The minimum Gasteiger partial charge on any atom is -0.454 e. The summed E-state index contributed by atoms with van der Waals surface area (Å²) < 4.78 is 18.6. The zero-order valence-electron chi connectivity index (χ0n) is 9.97. The SMILES string of the molecule is CC(OC(=O)c1ccccc1F)c1ccccc1. The molecule has 0 saturated carbocycles. The van der Waals surface area contributed by atoms with E-state index in [1.54, 1.807) is 13.0 Å². The first-order chi connectivity index (χ1) is 8.68. The topological polar surface area (TPSA) is 26.3 Å². The van der Waals surface area contributed by atoms with Crippen molar-refractivity contribution < 1.29 is 13.9 Å². The van der Waals surface area contributed by atoms with Crippen molar-refractivity contribution in [3.8, 4) is 0 Å². The summed E-state index contributed by atoms with van der Waals surface area (Å²) in [6, 6.07) is 15.1. The van der Waals surface area contributed by atoms with Crippen molar-refractivity contribution in [2.75, 3.05) is 0 Å². The van der Waals surface area contributed by atoms with Crippen molar-refractivity contribution in [2.24, 2.45) is 0 Å². The minimum absolute atomic E-state index is 0.0414. The van der Waals surface area contributed by atoms with E-state index in [4.69, 9.17) is 4.74 Å². The molecule has 1 unspecified atom stereocenters. The minimum atomic E-state index is -0.649. The number of benzene rings is 2. The van der Waals surface area contributed by atoms with Crippen LogP contribution in [0.1, 0.15) is 28.9 Å². The maximum Gasteiger partial charge on any atom is 0.341 e. The molecule has 2 rings (SSSR count). The molecule has 92 valence electrons. The lowest BCUT2D eigenvalue weighted by Crippen LogP contribution is -2.10. The van der Waals surface area contributed by atoms with Crippen LogP contribution in [-0.4, -0.2) is 5.97 Å². The summed E-state index contributed by atoms with van der Waals surface area (Å²) in [5.74, 6) is -1.22. The summed E-state index contributed by atoms with van der Waals surface area (Å²) >= 11 is 0. The lowest BCUT2D eigenvalue weighted by atomic mass is 10.1. The van der Waals surface area contributed by atoms with E-state index in [-0.39, 0.29) is 5.56 Å². The second-order valence-corrected chi connectivity index (χ2v) is 3.94. The molecule has 0 bridgehead atoms. The van der Waals surface area contributed by atoms with Gasteiger partial charge in [-0.3, -0.25) is 0 Å². The molecular weight excluding hydrogens is 231 g/mol. The van der Waals surface area contributed by atoms with Gasteiger partial charge in [-0.05, 0) is 24.6 Å². The number of carbonyl (C=O) groups is 1. The van der Waals surface area contributed by atoms with E-state index in [0.29, 0.717) is 0 Å². The third-order valence-corrected chi connectivity index (χ3v) is 2.65. The van der Waals surface area contributed by atoms with Gasteiger partial charge in [0.1, 0.15) is 11.9 Å². The van der Waals surface area contributed by atoms with Gasteiger partial charge in [0, 0.05) is 0 Å². The largest absolute Gasteiger partial charge is 0.454 e. The molecule has 0 aliphatic heterocycles. The Morgan fingerprint density at radius 2 is 1.67 bits per heavy atom. The van der Waals surface area contributed by atoms with E-state index in [0.717, 1.165) is 5.56 Å². The van der Waals surface area contributed by atoms with E-state index in [9.17, 15) is 9.18 Å². The average Bonchev–Trinajstić information content (AvgIpc) is 2.40. The molecule has 0 radical (unpaired) electrons. The zero-order valence-corrected chi connectivity index (χ0v) is 9.97. The Morgan fingerprint density at radius 1 is 1.06 bits per heavy atom. The molecule has 0 N–H and O–H groups in total. The van der Waals surface area contributed by atoms with Crippen molar-refractivity contribution in [3.05, 3.63) is 71.5 Å². The van der Waals surface area contributed by atoms with Crippen molar-refractivity contribution >= 4 is 5.97 Å². The Balaban J connectivity index is 2.11. The summed E-state index contributed by atoms with van der Waals surface area (Å²) in [4.78, 5) is 11.8. The first-order valence-corrected chi connectivity index (χ1v) is 5.69. The molecule has 3 heteroatoms. The molecule has 18 heavy (non-hydrogen) atoms. The number of rotatable bonds is 3. The summed E-state index contributed by atoms with van der Waals surface area (Å²) in [5.41, 5.74) is 0.836. The third kappa shape index (κ3) is 2.74. The van der Waals surface area contributed by atoms with Gasteiger partial charge in [-0.2, -0.15) is 0 Å². The molecule has 0 spiro atoms. The predicted molar refractivity (Wildman–Crippen MR) is 66.7 cm³/mol. The maximum atomic E-state index is 13.4. The Labute approximate surface area is 105 Å². The number of carbonyl (C=O) groups excluding carboxylic acids is 1. The van der Waals surface area contributed by atoms with Crippen LogP contribution in [0.25, 0.3) is 0 Å². The van der Waals surface area contributed by atoms with E-state index >= 15 is 0 Å². The monoisotopic (exact) mass is 244 g/mol. The number of ether oxygens (including phenoxy) is 1. The van der Waals surface area contributed by atoms with Crippen LogP contribution >= 0.6 is 0 Å². The summed E-state index contributed by atoms with van der Waals surface area (Å²) in [6.45, 7) is 1.76. The van der Waals surface area contributed by atoms with E-state index in [2.05, 4.69) is 0 Å². The molecule has 0 aliphatic rings. The van der Waals surface area contributed by atoms with E-state index in [1.807, 2.05) is 30.3 Å². The van der Waals surface area contributed by atoms with Crippen LogP contribution in [0.15, 0.2) is 54.6 Å². The molecule has 2 aromatic rings. The second kappa shape index (κ2) is 5.45. The van der Waals surface area contributed by atoms with Gasteiger partial charge in [-0.1, -0.05) is 42.5 Å². The van der Waals surface area contributed by atoms with Crippen LogP contribution in [0, 0.1) is 5.82 Å². The molecule has 1 atom stereocenters. The van der Waals surface area contributed by atoms with Crippen LogP contribution in [-0.2, 0) is 4.74 Å². The average molecular weight is 244 g/mol. The van der Waals surface area contributed by atoms with Crippen LogP contribution in [0.2, 0.25) is 0 Å². The van der Waals surface area contributed by atoms with Gasteiger partial charge in [0.25, 0.3) is 0 Å². The first-order valence-electron chi connectivity index (χ1n) is 5.69. The van der Waals surface area contributed by atoms with E-state index in [1.165, 1.54) is 18.2 Å². The number of hydrogen-bond acceptors (Lipinski definition) is 2. The molecule has 0 aliphatic carbocycles. The fraction of sp³-hybridized carbons (Fsp3) is 0.133. The van der Waals surface area contributed by atoms with Crippen LogP contribution in [0.4, 0.5) is 4.39 Å². The number of halogens is 1. The summed E-state index contributed by atoms with van der Waals surface area (Å²) in [7, 11) is 0. The molecule has 2 aromatic carbocycles. The zero-order chi connectivity index (χ0) is 13.0. The van der Waals surface area contributed by atoms with Gasteiger partial charge in [0.05, 0.1) is 5.56 Å². The second-order valence-electron chi connectivity index (χ2n) is 3.94. The fourth-order valence-corrected chi connectivity index (χ4v) is 1.64. The van der Waals surface area contributed by atoms with Crippen molar-refractivity contribution in [1.29, 1.82) is 0 Å². The lowest BCUT2D eigenvalue weighted by molar-refractivity contribution is 0.0332. The number of hydrogen-bond donors (Lipinski definition) is 0. The standard InChI is InChI=1S/C15H13FO2/c1-11(12-7-3-2-4-8-12)18-15(17)13-9-5-6-10-14(13)16/h2-11H,1H3. The summed E-state index contributed by atoms with van der Waals surface area (Å²) in [5, 5.41) is 0. The molecule has 2 nitrogen and oxygen atoms in total. The smallest absolute Gasteiger partial charge is 0.341 e. The Bertz CT molecular complexity index is 537. The molecule has 0 amide bonds. The maximum absolute atomic E-state index is 13.4. The van der Waals surface area contributed by atoms with E-state index < -0.39 is 17.9 Å². The predicted octanol–water partition coefficient (Wildman–Crippen LogP) is 3.74. The van der Waals surface area contributed by atoms with Gasteiger partial charge in [-0.15, -0.1) is 0 Å². The molecule has 0 fully saturated rings. The Kier molecular flexibility index (Phi) is 3.72. The highest BCUT2D eigenvalue weighted by molar-refractivity contribution is 5.89. The van der Waals surface area contributed by atoms with Gasteiger partial charge in [0.15, 0.2) is 0 Å². The van der Waals surface area contributed by atoms with Gasteiger partial charge in [0.2, 0.25) is 0 Å². The molecular formula is C15H13FO2. The van der Waals surface area contributed by atoms with Gasteiger partial charge < -0.3 is 4.74 Å². The quantitative estimate of drug-likeness (QED) is 0.769. The number of esters is 1. The third-order valence-electron chi connectivity index (χ3n) is 2.65. The normalized spacial score (nSPS) is 11.9. The summed E-state index contributed by atoms with van der Waals surface area (Å²) in [6.07, 6.45) is -0.404. The highest BCUT2D eigenvalue weighted by Gasteiger charge is 2.16. The van der Waals surface area contributed by atoms with Crippen molar-refractivity contribution in [2.45, 2.75) is 13.0 Å². The fourth-order valence-electron chi connectivity index (χ4n) is 1.64. The highest BCUT2D eigenvalue weighted by Crippen LogP contribution is 2.19.